The summed E-state index contributed by atoms with van der Waals surface area (Å²) in [5, 5.41) is 0. The highest BCUT2D eigenvalue weighted by Gasteiger charge is 2.17. The van der Waals surface area contributed by atoms with Crippen molar-refractivity contribution in [3.8, 4) is 34.0 Å². The van der Waals surface area contributed by atoms with Crippen LogP contribution in [0.2, 0.25) is 0 Å². The number of benzene rings is 3. The number of aromatic nitrogens is 1. The van der Waals surface area contributed by atoms with Gasteiger partial charge in [-0.1, -0.05) is 48.5 Å². The van der Waals surface area contributed by atoms with Crippen molar-refractivity contribution < 1.29 is 4.74 Å². The number of rotatable bonds is 5. The number of para-hydroxylation sites is 1. The minimum Gasteiger partial charge on any atom is -0.491 e. The Morgan fingerprint density at radius 1 is 0.767 bits per heavy atom. The molecule has 0 fully saturated rings. The van der Waals surface area contributed by atoms with Gasteiger partial charge in [0, 0.05) is 17.3 Å². The topological polar surface area (TPSA) is 31.2 Å². The zero-order valence-electron chi connectivity index (χ0n) is 17.5. The number of pyridine rings is 1. The fraction of sp³-hybridized carbons (Fsp3) is 0.148. The number of nitrogens with zero attached hydrogens (tertiary/aromatic N) is 1. The molecule has 0 atom stereocenters. The zero-order valence-corrected chi connectivity index (χ0v) is 17.5. The molecule has 0 amide bonds. The molecule has 0 saturated carbocycles. The van der Waals surface area contributed by atoms with Crippen molar-refractivity contribution in [1.29, 1.82) is 0 Å². The van der Waals surface area contributed by atoms with E-state index in [0.29, 0.717) is 0 Å². The monoisotopic (exact) mass is 395 g/mol. The first-order valence-corrected chi connectivity index (χ1v) is 10.2. The lowest BCUT2D eigenvalue weighted by atomic mass is 10.0. The number of ether oxygens (including phenoxy) is 1. The first-order valence-electron chi connectivity index (χ1n) is 10.2. The summed E-state index contributed by atoms with van der Waals surface area (Å²) < 4.78 is 7.97. The van der Waals surface area contributed by atoms with Crippen LogP contribution in [0.3, 0.4) is 0 Å². The van der Waals surface area contributed by atoms with Crippen LogP contribution in [-0.4, -0.2) is 10.7 Å². The van der Waals surface area contributed by atoms with E-state index in [0.717, 1.165) is 39.5 Å². The molecule has 0 N–H and O–H groups in total. The highest BCUT2D eigenvalue weighted by atomic mass is 16.5. The van der Waals surface area contributed by atoms with Gasteiger partial charge < -0.3 is 9.30 Å². The van der Waals surface area contributed by atoms with Gasteiger partial charge in [-0.3, -0.25) is 4.79 Å². The highest BCUT2D eigenvalue weighted by Crippen LogP contribution is 2.32. The predicted molar refractivity (Wildman–Crippen MR) is 123 cm³/mol. The second-order valence-corrected chi connectivity index (χ2v) is 7.60. The molecule has 3 heteroatoms. The molecule has 0 saturated heterocycles. The van der Waals surface area contributed by atoms with Gasteiger partial charge >= 0.3 is 0 Å². The molecule has 0 unspecified atom stereocenters. The number of hydrogen-bond donors (Lipinski definition) is 0. The molecule has 0 aliphatic heterocycles. The largest absolute Gasteiger partial charge is 0.491 e. The molecule has 3 aromatic carbocycles. The summed E-state index contributed by atoms with van der Waals surface area (Å²) in [6.45, 7) is 5.91. The summed E-state index contributed by atoms with van der Waals surface area (Å²) in [4.78, 5) is 13.0. The molecular formula is C27H25NO2. The van der Waals surface area contributed by atoms with E-state index in [1.54, 1.807) is 6.07 Å². The van der Waals surface area contributed by atoms with Crippen LogP contribution in [0.15, 0.2) is 95.8 Å². The van der Waals surface area contributed by atoms with Gasteiger partial charge in [-0.15, -0.1) is 0 Å². The molecule has 0 radical (unpaired) electrons. The minimum absolute atomic E-state index is 0.0264. The Kier molecular flexibility index (Phi) is 5.53. The van der Waals surface area contributed by atoms with E-state index in [1.165, 1.54) is 0 Å². The smallest absolute Gasteiger partial charge is 0.185 e. The summed E-state index contributed by atoms with van der Waals surface area (Å²) in [7, 11) is 0. The van der Waals surface area contributed by atoms with E-state index in [9.17, 15) is 4.79 Å². The van der Waals surface area contributed by atoms with Gasteiger partial charge in [0.1, 0.15) is 5.75 Å². The Hall–Kier alpha value is -3.59. The van der Waals surface area contributed by atoms with E-state index < -0.39 is 0 Å². The average molecular weight is 396 g/mol. The van der Waals surface area contributed by atoms with Crippen molar-refractivity contribution >= 4 is 0 Å². The fourth-order valence-corrected chi connectivity index (χ4v) is 3.68. The minimum atomic E-state index is 0.0264. The molecule has 0 aliphatic rings. The Labute approximate surface area is 177 Å². The fourth-order valence-electron chi connectivity index (χ4n) is 3.68. The number of hydrogen-bond acceptors (Lipinski definition) is 2. The van der Waals surface area contributed by atoms with Crippen LogP contribution >= 0.6 is 0 Å². The second-order valence-electron chi connectivity index (χ2n) is 7.60. The van der Waals surface area contributed by atoms with Crippen molar-refractivity contribution in [2.75, 3.05) is 0 Å². The van der Waals surface area contributed by atoms with Gasteiger partial charge in [-0.2, -0.15) is 0 Å². The van der Waals surface area contributed by atoms with Crippen molar-refractivity contribution in [2.24, 2.45) is 0 Å². The maximum absolute atomic E-state index is 13.0. The Balaban J connectivity index is 2.00. The molecule has 0 bridgehead atoms. The molecule has 3 nitrogen and oxygen atoms in total. The molecule has 1 aromatic heterocycles. The average Bonchev–Trinajstić information content (AvgIpc) is 2.77. The lowest BCUT2D eigenvalue weighted by molar-refractivity contribution is 0.242. The van der Waals surface area contributed by atoms with Crippen molar-refractivity contribution in [3.05, 3.63) is 107 Å². The standard InChI is InChI=1S/C27H25NO2/c1-19(2)30-24-16-14-22(15-17-24)27-20(3)26(29)18-25(21-10-6-4-7-11-21)28(27)23-12-8-5-9-13-23/h4-19H,1-3H3. The van der Waals surface area contributed by atoms with Crippen LogP contribution < -0.4 is 10.2 Å². The lowest BCUT2D eigenvalue weighted by Gasteiger charge is -2.22. The molecular weight excluding hydrogens is 370 g/mol. The van der Waals surface area contributed by atoms with E-state index in [2.05, 4.69) is 16.7 Å². The lowest BCUT2D eigenvalue weighted by Crippen LogP contribution is -2.15. The van der Waals surface area contributed by atoms with Gasteiger partial charge in [0.2, 0.25) is 0 Å². The molecule has 30 heavy (non-hydrogen) atoms. The van der Waals surface area contributed by atoms with Crippen molar-refractivity contribution in [3.63, 3.8) is 0 Å². The third-order valence-corrected chi connectivity index (χ3v) is 5.04. The first-order chi connectivity index (χ1) is 14.5. The molecule has 150 valence electrons. The molecule has 0 aliphatic carbocycles. The van der Waals surface area contributed by atoms with Gasteiger partial charge in [-0.05, 0) is 68.3 Å². The van der Waals surface area contributed by atoms with Gasteiger partial charge in [0.15, 0.2) is 5.43 Å². The summed E-state index contributed by atoms with van der Waals surface area (Å²) in [5.74, 6) is 0.819. The maximum Gasteiger partial charge on any atom is 0.185 e. The van der Waals surface area contributed by atoms with Crippen LogP contribution in [-0.2, 0) is 0 Å². The van der Waals surface area contributed by atoms with E-state index in [4.69, 9.17) is 4.74 Å². The second kappa shape index (κ2) is 8.42. The SMILES string of the molecule is Cc1c(-c2ccc(OC(C)C)cc2)n(-c2ccccc2)c(-c2ccccc2)cc1=O. The zero-order chi connectivity index (χ0) is 21.1. The van der Waals surface area contributed by atoms with Crippen LogP contribution in [0.5, 0.6) is 5.75 Å². The Morgan fingerprint density at radius 3 is 1.97 bits per heavy atom. The van der Waals surface area contributed by atoms with Crippen LogP contribution in [0.25, 0.3) is 28.2 Å². The summed E-state index contributed by atoms with van der Waals surface area (Å²) >= 11 is 0. The van der Waals surface area contributed by atoms with Crippen LogP contribution in [0.1, 0.15) is 19.4 Å². The predicted octanol–water partition coefficient (Wildman–Crippen LogP) is 6.27. The summed E-state index contributed by atoms with van der Waals surface area (Å²) in [6, 6.07) is 29.9. The third kappa shape index (κ3) is 3.92. The quantitative estimate of drug-likeness (QED) is 0.399. The molecule has 4 aromatic rings. The summed E-state index contributed by atoms with van der Waals surface area (Å²) in [6.07, 6.45) is 0.112. The highest BCUT2D eigenvalue weighted by molar-refractivity contribution is 5.73. The van der Waals surface area contributed by atoms with Crippen LogP contribution in [0.4, 0.5) is 0 Å². The maximum atomic E-state index is 13.0. The van der Waals surface area contributed by atoms with Crippen LogP contribution in [0, 0.1) is 6.92 Å². The van der Waals surface area contributed by atoms with Crippen molar-refractivity contribution in [2.45, 2.75) is 26.9 Å². The van der Waals surface area contributed by atoms with E-state index >= 15 is 0 Å². The first kappa shape index (κ1) is 19.7. The third-order valence-electron chi connectivity index (χ3n) is 5.04. The van der Waals surface area contributed by atoms with Gasteiger partial charge in [0.25, 0.3) is 0 Å². The van der Waals surface area contributed by atoms with E-state index in [1.807, 2.05) is 93.6 Å². The normalized spacial score (nSPS) is 10.9. The summed E-state index contributed by atoms with van der Waals surface area (Å²) in [5.41, 5.74) is 5.49. The Bertz CT molecular complexity index is 1190. The molecule has 4 rings (SSSR count). The van der Waals surface area contributed by atoms with E-state index in [-0.39, 0.29) is 11.5 Å². The Morgan fingerprint density at radius 2 is 1.37 bits per heavy atom. The molecule has 1 heterocycles. The van der Waals surface area contributed by atoms with Gasteiger partial charge in [0.05, 0.1) is 17.5 Å². The van der Waals surface area contributed by atoms with Gasteiger partial charge in [-0.25, -0.2) is 0 Å². The van der Waals surface area contributed by atoms with Crippen molar-refractivity contribution in [1.82, 2.24) is 4.57 Å². The molecule has 0 spiro atoms.